The fourth-order valence-electron chi connectivity index (χ4n) is 2.77. The van der Waals surface area contributed by atoms with Crippen molar-refractivity contribution in [1.82, 2.24) is 5.32 Å². The van der Waals surface area contributed by atoms with Crippen molar-refractivity contribution >= 4 is 23.3 Å². The molecule has 1 aromatic rings. The largest absolute Gasteiger partial charge is 0.348 e. The Bertz CT molecular complexity index is 501. The number of ketones is 1. The summed E-state index contributed by atoms with van der Waals surface area (Å²) in [5, 5.41) is 3.18. The predicted molar refractivity (Wildman–Crippen MR) is 79.9 cm³/mol. The number of hydrogen-bond donors (Lipinski definition) is 1. The molecule has 1 aliphatic carbocycles. The van der Waals surface area contributed by atoms with E-state index in [2.05, 4.69) is 12.2 Å². The first-order valence-electron chi connectivity index (χ1n) is 7.13. The monoisotopic (exact) mass is 293 g/mol. The average molecular weight is 294 g/mol. The number of carbonyl (C=O) groups excluding carboxylic acids is 2. The summed E-state index contributed by atoms with van der Waals surface area (Å²) in [7, 11) is 0. The second kappa shape index (κ2) is 6.89. The normalized spacial score (nSPS) is 22.3. The van der Waals surface area contributed by atoms with E-state index >= 15 is 0 Å². The average Bonchev–Trinajstić information content (AvgIpc) is 2.45. The van der Waals surface area contributed by atoms with Gasteiger partial charge in [0.1, 0.15) is 0 Å². The van der Waals surface area contributed by atoms with Crippen LogP contribution in [0.2, 0.25) is 5.02 Å². The van der Waals surface area contributed by atoms with Crippen LogP contribution >= 0.6 is 11.6 Å². The lowest BCUT2D eigenvalue weighted by atomic mass is 9.82. The summed E-state index contributed by atoms with van der Waals surface area (Å²) in [6.45, 7) is 2.20. The maximum Gasteiger partial charge on any atom is 0.223 e. The summed E-state index contributed by atoms with van der Waals surface area (Å²) in [6.07, 6.45) is 4.14. The highest BCUT2D eigenvalue weighted by Crippen LogP contribution is 2.28. The van der Waals surface area contributed by atoms with E-state index in [1.807, 2.05) is 0 Å². The van der Waals surface area contributed by atoms with Gasteiger partial charge in [0.2, 0.25) is 5.91 Å². The second-order valence-electron chi connectivity index (χ2n) is 5.59. The van der Waals surface area contributed by atoms with E-state index < -0.39 is 0 Å². The van der Waals surface area contributed by atoms with Gasteiger partial charge in [-0.05, 0) is 30.9 Å². The van der Waals surface area contributed by atoms with Crippen LogP contribution in [0.15, 0.2) is 24.3 Å². The summed E-state index contributed by atoms with van der Waals surface area (Å²) < 4.78 is 0. The fourth-order valence-corrected chi connectivity index (χ4v) is 3.01. The highest BCUT2D eigenvalue weighted by atomic mass is 35.5. The van der Waals surface area contributed by atoms with E-state index in [0.717, 1.165) is 19.3 Å². The minimum absolute atomic E-state index is 0.00282. The maximum absolute atomic E-state index is 12.1. The van der Waals surface area contributed by atoms with Gasteiger partial charge in [-0.25, -0.2) is 0 Å². The zero-order chi connectivity index (χ0) is 14.5. The lowest BCUT2D eigenvalue weighted by molar-refractivity contribution is -0.126. The van der Waals surface area contributed by atoms with E-state index in [9.17, 15) is 9.59 Å². The molecule has 0 radical (unpaired) electrons. The molecule has 4 heteroatoms. The van der Waals surface area contributed by atoms with Gasteiger partial charge in [-0.1, -0.05) is 43.5 Å². The molecule has 1 saturated carbocycles. The van der Waals surface area contributed by atoms with E-state index in [1.165, 1.54) is 6.42 Å². The fraction of sp³-hybridized carbons (Fsp3) is 0.500. The zero-order valence-electron chi connectivity index (χ0n) is 11.7. The van der Waals surface area contributed by atoms with Crippen molar-refractivity contribution in [3.05, 3.63) is 34.9 Å². The summed E-state index contributed by atoms with van der Waals surface area (Å²) in [4.78, 5) is 24.1. The Morgan fingerprint density at radius 2 is 2.05 bits per heavy atom. The van der Waals surface area contributed by atoms with Gasteiger partial charge in [0.15, 0.2) is 5.78 Å². The highest BCUT2D eigenvalue weighted by Gasteiger charge is 2.25. The van der Waals surface area contributed by atoms with Crippen LogP contribution in [-0.4, -0.2) is 18.2 Å². The molecule has 2 unspecified atom stereocenters. The Labute approximate surface area is 124 Å². The molecule has 1 amide bonds. The Kier molecular flexibility index (Phi) is 5.18. The zero-order valence-corrected chi connectivity index (χ0v) is 12.5. The van der Waals surface area contributed by atoms with Gasteiger partial charge < -0.3 is 5.32 Å². The number of amides is 1. The molecule has 1 N–H and O–H groups in total. The third kappa shape index (κ3) is 3.83. The first kappa shape index (κ1) is 15.0. The number of nitrogens with one attached hydrogen (secondary N) is 1. The van der Waals surface area contributed by atoms with Crippen LogP contribution in [0.25, 0.3) is 0 Å². The lowest BCUT2D eigenvalue weighted by Gasteiger charge is -2.25. The van der Waals surface area contributed by atoms with E-state index in [4.69, 9.17) is 11.6 Å². The molecule has 0 aliphatic heterocycles. The second-order valence-corrected chi connectivity index (χ2v) is 6.00. The van der Waals surface area contributed by atoms with Crippen LogP contribution in [-0.2, 0) is 4.79 Å². The topological polar surface area (TPSA) is 46.2 Å². The van der Waals surface area contributed by atoms with Crippen LogP contribution in [0, 0.1) is 11.8 Å². The minimum atomic E-state index is -0.146. The molecule has 1 aliphatic rings. The third-order valence-corrected chi connectivity index (χ3v) is 4.23. The van der Waals surface area contributed by atoms with E-state index in [0.29, 0.717) is 16.5 Å². The molecule has 1 aromatic carbocycles. The molecule has 3 nitrogen and oxygen atoms in total. The van der Waals surface area contributed by atoms with E-state index in [1.54, 1.807) is 24.3 Å². The highest BCUT2D eigenvalue weighted by molar-refractivity contribution is 6.34. The minimum Gasteiger partial charge on any atom is -0.348 e. The first-order valence-corrected chi connectivity index (χ1v) is 7.51. The molecule has 0 bridgehead atoms. The van der Waals surface area contributed by atoms with Crippen molar-refractivity contribution in [2.45, 2.75) is 32.6 Å². The molecular weight excluding hydrogens is 274 g/mol. The van der Waals surface area contributed by atoms with Gasteiger partial charge in [0, 0.05) is 11.5 Å². The van der Waals surface area contributed by atoms with Crippen LogP contribution in [0.1, 0.15) is 43.0 Å². The summed E-state index contributed by atoms with van der Waals surface area (Å²) in [5.41, 5.74) is 0.464. The summed E-state index contributed by atoms with van der Waals surface area (Å²) >= 11 is 5.97. The molecule has 0 aromatic heterocycles. The van der Waals surface area contributed by atoms with Gasteiger partial charge >= 0.3 is 0 Å². The predicted octanol–water partition coefficient (Wildman–Crippen LogP) is 3.47. The number of halogens is 1. The van der Waals surface area contributed by atoms with Crippen molar-refractivity contribution in [3.63, 3.8) is 0 Å². The lowest BCUT2D eigenvalue weighted by Crippen LogP contribution is -2.36. The Morgan fingerprint density at radius 3 is 2.75 bits per heavy atom. The Balaban J connectivity index is 1.87. The standard InChI is InChI=1S/C16H20ClNO2/c1-11-5-4-6-12(9-11)16(20)18-10-15(19)13-7-2-3-8-14(13)17/h2-3,7-8,11-12H,4-6,9-10H2,1H3,(H,18,20). The Hall–Kier alpha value is -1.35. The molecule has 0 saturated heterocycles. The SMILES string of the molecule is CC1CCCC(C(=O)NCC(=O)c2ccccc2Cl)C1. The Morgan fingerprint density at radius 1 is 1.30 bits per heavy atom. The van der Waals surface area contributed by atoms with Crippen LogP contribution in [0.5, 0.6) is 0 Å². The number of Topliss-reactive ketones (excluding diaryl/α,β-unsaturated/α-hetero) is 1. The molecule has 108 valence electrons. The number of carbonyl (C=O) groups is 2. The molecule has 2 atom stereocenters. The van der Waals surface area contributed by atoms with Crippen LogP contribution < -0.4 is 5.32 Å². The number of benzene rings is 1. The van der Waals surface area contributed by atoms with E-state index in [-0.39, 0.29) is 24.2 Å². The van der Waals surface area contributed by atoms with Gasteiger partial charge in [0.05, 0.1) is 11.6 Å². The van der Waals surface area contributed by atoms with Gasteiger partial charge in [-0.3, -0.25) is 9.59 Å². The van der Waals surface area contributed by atoms with Gasteiger partial charge in [0.25, 0.3) is 0 Å². The van der Waals surface area contributed by atoms with Crippen molar-refractivity contribution in [2.24, 2.45) is 11.8 Å². The van der Waals surface area contributed by atoms with Crippen molar-refractivity contribution < 1.29 is 9.59 Å². The summed E-state index contributed by atoms with van der Waals surface area (Å²) in [6, 6.07) is 6.91. The van der Waals surface area contributed by atoms with Crippen LogP contribution in [0.3, 0.4) is 0 Å². The quantitative estimate of drug-likeness (QED) is 0.864. The molecular formula is C16H20ClNO2. The van der Waals surface area contributed by atoms with Crippen LogP contribution in [0.4, 0.5) is 0 Å². The number of rotatable bonds is 4. The first-order chi connectivity index (χ1) is 9.58. The maximum atomic E-state index is 12.1. The van der Waals surface area contributed by atoms with Crippen molar-refractivity contribution in [3.8, 4) is 0 Å². The number of hydrogen-bond acceptors (Lipinski definition) is 2. The smallest absolute Gasteiger partial charge is 0.223 e. The molecule has 0 heterocycles. The van der Waals surface area contributed by atoms with Crippen molar-refractivity contribution in [2.75, 3.05) is 6.54 Å². The molecule has 0 spiro atoms. The summed E-state index contributed by atoms with van der Waals surface area (Å²) in [5.74, 6) is 0.501. The van der Waals surface area contributed by atoms with Gasteiger partial charge in [-0.2, -0.15) is 0 Å². The third-order valence-electron chi connectivity index (χ3n) is 3.90. The van der Waals surface area contributed by atoms with Crippen molar-refractivity contribution in [1.29, 1.82) is 0 Å². The molecule has 1 fully saturated rings. The molecule has 2 rings (SSSR count). The molecule has 20 heavy (non-hydrogen) atoms. The van der Waals surface area contributed by atoms with Gasteiger partial charge in [-0.15, -0.1) is 0 Å².